The summed E-state index contributed by atoms with van der Waals surface area (Å²) in [4.78, 5) is 37.6. The number of benzene rings is 2. The van der Waals surface area contributed by atoms with Crippen molar-refractivity contribution >= 4 is 17.8 Å². The van der Waals surface area contributed by atoms with Crippen LogP contribution in [0.5, 0.6) is 0 Å². The SMILES string of the molecule is C[C@H](NC(=O)[C@H](O)c1cc(F)cc(F)c1)C(=O)N[C@H](C(=O)OC(C)(C)C)c1ccccc1. The van der Waals surface area contributed by atoms with Gasteiger partial charge in [-0.3, -0.25) is 9.59 Å². The lowest BCUT2D eigenvalue weighted by Crippen LogP contribution is -2.49. The Bertz CT molecular complexity index is 956. The van der Waals surface area contributed by atoms with E-state index >= 15 is 0 Å². The van der Waals surface area contributed by atoms with Crippen LogP contribution in [0.25, 0.3) is 0 Å². The molecule has 0 unspecified atom stereocenters. The van der Waals surface area contributed by atoms with Crippen molar-refractivity contribution in [2.45, 2.75) is 51.5 Å². The van der Waals surface area contributed by atoms with Gasteiger partial charge in [0.1, 0.15) is 23.3 Å². The van der Waals surface area contributed by atoms with Crippen LogP contribution in [-0.4, -0.2) is 34.5 Å². The van der Waals surface area contributed by atoms with Gasteiger partial charge in [-0.1, -0.05) is 30.3 Å². The van der Waals surface area contributed by atoms with Gasteiger partial charge in [-0.2, -0.15) is 0 Å². The first-order chi connectivity index (χ1) is 14.9. The lowest BCUT2D eigenvalue weighted by molar-refractivity contribution is -0.159. The fraction of sp³-hybridized carbons (Fsp3) is 0.348. The van der Waals surface area contributed by atoms with Crippen LogP contribution >= 0.6 is 0 Å². The fourth-order valence-corrected chi connectivity index (χ4v) is 2.79. The van der Waals surface area contributed by atoms with E-state index in [0.29, 0.717) is 11.6 Å². The highest BCUT2D eigenvalue weighted by atomic mass is 19.1. The zero-order valence-corrected chi connectivity index (χ0v) is 18.2. The van der Waals surface area contributed by atoms with Crippen LogP contribution in [0.1, 0.15) is 51.0 Å². The molecular formula is C23H26F2N2O5. The highest BCUT2D eigenvalue weighted by Gasteiger charge is 2.30. The quantitative estimate of drug-likeness (QED) is 0.565. The Balaban J connectivity index is 2.11. The second kappa shape index (κ2) is 10.3. The lowest BCUT2D eigenvalue weighted by Gasteiger charge is -2.26. The molecule has 172 valence electrons. The van der Waals surface area contributed by atoms with E-state index in [1.54, 1.807) is 51.1 Å². The maximum Gasteiger partial charge on any atom is 0.333 e. The molecule has 2 aromatic rings. The second-order valence-electron chi connectivity index (χ2n) is 8.22. The van der Waals surface area contributed by atoms with Crippen LogP contribution in [0.15, 0.2) is 48.5 Å². The molecule has 0 spiro atoms. The molecule has 0 saturated heterocycles. The summed E-state index contributed by atoms with van der Waals surface area (Å²) in [6.07, 6.45) is -1.90. The second-order valence-corrected chi connectivity index (χ2v) is 8.22. The summed E-state index contributed by atoms with van der Waals surface area (Å²) in [5, 5.41) is 14.9. The van der Waals surface area contributed by atoms with Crippen LogP contribution in [0.3, 0.4) is 0 Å². The van der Waals surface area contributed by atoms with Crippen LogP contribution in [0.2, 0.25) is 0 Å². The first-order valence-corrected chi connectivity index (χ1v) is 9.90. The molecule has 3 atom stereocenters. The first-order valence-electron chi connectivity index (χ1n) is 9.90. The Morgan fingerprint density at radius 1 is 0.906 bits per heavy atom. The normalized spacial score (nSPS) is 14.1. The molecule has 0 fully saturated rings. The smallest absolute Gasteiger partial charge is 0.333 e. The summed E-state index contributed by atoms with van der Waals surface area (Å²) in [6.45, 7) is 6.40. The zero-order valence-electron chi connectivity index (χ0n) is 18.2. The van der Waals surface area contributed by atoms with E-state index in [-0.39, 0.29) is 5.56 Å². The van der Waals surface area contributed by atoms with Gasteiger partial charge in [-0.25, -0.2) is 13.6 Å². The summed E-state index contributed by atoms with van der Waals surface area (Å²) < 4.78 is 32.1. The highest BCUT2D eigenvalue weighted by Crippen LogP contribution is 2.19. The third kappa shape index (κ3) is 7.12. The highest BCUT2D eigenvalue weighted by molar-refractivity contribution is 5.92. The number of amides is 2. The molecule has 9 heteroatoms. The summed E-state index contributed by atoms with van der Waals surface area (Å²) in [5.74, 6) is -4.37. The van der Waals surface area contributed by atoms with Gasteiger partial charge in [0.25, 0.3) is 5.91 Å². The number of hydrogen-bond acceptors (Lipinski definition) is 5. The number of hydrogen-bond donors (Lipinski definition) is 3. The van der Waals surface area contributed by atoms with Gasteiger partial charge in [0, 0.05) is 6.07 Å². The Hall–Kier alpha value is -3.33. The fourth-order valence-electron chi connectivity index (χ4n) is 2.79. The van der Waals surface area contributed by atoms with E-state index in [9.17, 15) is 28.3 Å². The molecule has 7 nitrogen and oxygen atoms in total. The van der Waals surface area contributed by atoms with Crippen molar-refractivity contribution in [1.29, 1.82) is 0 Å². The summed E-state index contributed by atoms with van der Waals surface area (Å²) >= 11 is 0. The number of aliphatic hydroxyl groups is 1. The molecule has 3 N–H and O–H groups in total. The van der Waals surface area contributed by atoms with E-state index in [4.69, 9.17) is 4.74 Å². The van der Waals surface area contributed by atoms with Gasteiger partial charge in [-0.05, 0) is 51.0 Å². The molecule has 0 bridgehead atoms. The average molecular weight is 448 g/mol. The topological polar surface area (TPSA) is 105 Å². The van der Waals surface area contributed by atoms with Crippen molar-refractivity contribution in [3.05, 3.63) is 71.3 Å². The molecule has 0 aliphatic rings. The Kier molecular flexibility index (Phi) is 8.04. The minimum atomic E-state index is -1.90. The largest absolute Gasteiger partial charge is 0.458 e. The third-order valence-electron chi connectivity index (χ3n) is 4.26. The number of carbonyl (C=O) groups is 3. The predicted octanol–water partition coefficient (Wildman–Crippen LogP) is 2.70. The van der Waals surface area contributed by atoms with Crippen LogP contribution in [-0.2, 0) is 19.1 Å². The van der Waals surface area contributed by atoms with Gasteiger partial charge < -0.3 is 20.5 Å². The van der Waals surface area contributed by atoms with E-state index in [1.807, 2.05) is 0 Å². The monoisotopic (exact) mass is 448 g/mol. The first kappa shape index (κ1) is 24.9. The maximum absolute atomic E-state index is 13.3. The predicted molar refractivity (Wildman–Crippen MR) is 112 cm³/mol. The number of halogens is 2. The van der Waals surface area contributed by atoms with E-state index < -0.39 is 53.2 Å². The van der Waals surface area contributed by atoms with E-state index in [1.165, 1.54) is 6.92 Å². The minimum absolute atomic E-state index is 0.302. The molecule has 0 aliphatic carbocycles. The van der Waals surface area contributed by atoms with Crippen LogP contribution in [0.4, 0.5) is 8.78 Å². The number of carbonyl (C=O) groups excluding carboxylic acids is 3. The maximum atomic E-state index is 13.3. The van der Waals surface area contributed by atoms with Crippen LogP contribution < -0.4 is 10.6 Å². The molecule has 0 heterocycles. The van der Waals surface area contributed by atoms with Crippen molar-refractivity contribution in [2.75, 3.05) is 0 Å². The van der Waals surface area contributed by atoms with E-state index in [2.05, 4.69) is 10.6 Å². The zero-order chi connectivity index (χ0) is 24.1. The van der Waals surface area contributed by atoms with Gasteiger partial charge in [0.2, 0.25) is 5.91 Å². The number of ether oxygens (including phenoxy) is 1. The minimum Gasteiger partial charge on any atom is -0.458 e. The molecular weight excluding hydrogens is 422 g/mol. The van der Waals surface area contributed by atoms with Crippen molar-refractivity contribution < 1.29 is 33.0 Å². The lowest BCUT2D eigenvalue weighted by atomic mass is 10.1. The molecule has 32 heavy (non-hydrogen) atoms. The molecule has 2 aromatic carbocycles. The van der Waals surface area contributed by atoms with Crippen molar-refractivity contribution in [2.24, 2.45) is 0 Å². The van der Waals surface area contributed by atoms with Gasteiger partial charge in [0.15, 0.2) is 12.1 Å². The van der Waals surface area contributed by atoms with Gasteiger partial charge >= 0.3 is 5.97 Å². The molecule has 2 amide bonds. The Morgan fingerprint density at radius 2 is 1.47 bits per heavy atom. The van der Waals surface area contributed by atoms with Crippen molar-refractivity contribution in [3.63, 3.8) is 0 Å². The van der Waals surface area contributed by atoms with Crippen LogP contribution in [0, 0.1) is 11.6 Å². The molecule has 0 saturated carbocycles. The Morgan fingerprint density at radius 3 is 2.00 bits per heavy atom. The number of aliphatic hydroxyl groups excluding tert-OH is 1. The van der Waals surface area contributed by atoms with Crippen molar-refractivity contribution in [1.82, 2.24) is 10.6 Å². The number of rotatable bonds is 7. The number of esters is 1. The molecule has 0 aliphatic heterocycles. The average Bonchev–Trinajstić information content (AvgIpc) is 2.69. The molecule has 0 radical (unpaired) electrons. The Labute approximate surface area is 184 Å². The molecule has 0 aromatic heterocycles. The summed E-state index contributed by atoms with van der Waals surface area (Å²) in [6, 6.07) is 8.32. The summed E-state index contributed by atoms with van der Waals surface area (Å²) in [5.41, 5.74) is -0.619. The molecule has 2 rings (SSSR count). The van der Waals surface area contributed by atoms with Crippen molar-refractivity contribution in [3.8, 4) is 0 Å². The number of nitrogens with one attached hydrogen (secondary N) is 2. The third-order valence-corrected chi connectivity index (χ3v) is 4.26. The van der Waals surface area contributed by atoms with Gasteiger partial charge in [0.05, 0.1) is 0 Å². The van der Waals surface area contributed by atoms with E-state index in [0.717, 1.165) is 12.1 Å². The summed E-state index contributed by atoms with van der Waals surface area (Å²) in [7, 11) is 0. The standard InChI is InChI=1S/C23H26F2N2O5/c1-13(26-21(30)19(28)15-10-16(24)12-17(25)11-15)20(29)27-18(14-8-6-5-7-9-14)22(31)32-23(2,3)4/h5-13,18-19,28H,1-4H3,(H,26,30)(H,27,29)/t13-,18-,19+/m0/s1. The van der Waals surface area contributed by atoms with Gasteiger partial charge in [-0.15, -0.1) is 0 Å².